The minimum Gasteiger partial charge on any atom is -0.481 e. The minimum atomic E-state index is -0.871. The Kier molecular flexibility index (Phi) is 4.84. The van der Waals surface area contributed by atoms with Crippen molar-refractivity contribution in [2.45, 2.75) is 31.3 Å². The van der Waals surface area contributed by atoms with Crippen molar-refractivity contribution >= 4 is 12.1 Å². The summed E-state index contributed by atoms with van der Waals surface area (Å²) in [7, 11) is 0. The Labute approximate surface area is 158 Å². The van der Waals surface area contributed by atoms with E-state index in [1.54, 1.807) is 0 Å². The average Bonchev–Trinajstić information content (AvgIpc) is 3.44. The molecule has 5 nitrogen and oxygen atoms in total. The first-order valence-corrected chi connectivity index (χ1v) is 9.40. The molecule has 2 atom stereocenters. The second-order valence-electron chi connectivity index (χ2n) is 7.44. The molecular formula is C22H23NO4. The zero-order valence-corrected chi connectivity index (χ0v) is 15.1. The molecule has 1 N–H and O–H groups in total. The van der Waals surface area contributed by atoms with Crippen LogP contribution in [-0.2, 0) is 16.1 Å². The first-order valence-electron chi connectivity index (χ1n) is 9.40. The maximum Gasteiger partial charge on any atom is 0.410 e. The first kappa shape index (κ1) is 17.6. The molecule has 1 aliphatic heterocycles. The van der Waals surface area contributed by atoms with E-state index in [9.17, 15) is 14.7 Å². The third-order valence-electron chi connectivity index (χ3n) is 5.51. The molecule has 2 aromatic carbocycles. The average molecular weight is 365 g/mol. The fourth-order valence-electron chi connectivity index (χ4n) is 3.78. The number of hydrogen-bond donors (Lipinski definition) is 1. The van der Waals surface area contributed by atoms with Gasteiger partial charge in [0, 0.05) is 19.0 Å². The summed E-state index contributed by atoms with van der Waals surface area (Å²) in [4.78, 5) is 25.7. The van der Waals surface area contributed by atoms with E-state index >= 15 is 0 Å². The molecule has 0 radical (unpaired) electrons. The zero-order valence-electron chi connectivity index (χ0n) is 15.1. The van der Waals surface area contributed by atoms with Gasteiger partial charge in [0.2, 0.25) is 0 Å². The van der Waals surface area contributed by atoms with Gasteiger partial charge in [0.25, 0.3) is 0 Å². The Hall–Kier alpha value is -2.82. The number of aliphatic carboxylic acids is 1. The highest BCUT2D eigenvalue weighted by atomic mass is 16.6. The van der Waals surface area contributed by atoms with Gasteiger partial charge in [-0.25, -0.2) is 4.79 Å². The quantitative estimate of drug-likeness (QED) is 0.870. The summed E-state index contributed by atoms with van der Waals surface area (Å²) >= 11 is 0. The molecule has 2 unspecified atom stereocenters. The number of hydrogen-bond acceptors (Lipinski definition) is 3. The van der Waals surface area contributed by atoms with Crippen LogP contribution >= 0.6 is 0 Å². The van der Waals surface area contributed by atoms with Crippen LogP contribution in [0.5, 0.6) is 0 Å². The third kappa shape index (κ3) is 3.97. The maximum atomic E-state index is 12.4. The summed E-state index contributed by atoms with van der Waals surface area (Å²) in [6.45, 7) is 0.736. The Morgan fingerprint density at radius 3 is 2.26 bits per heavy atom. The fourth-order valence-corrected chi connectivity index (χ4v) is 3.78. The van der Waals surface area contributed by atoms with Crippen molar-refractivity contribution in [2.24, 2.45) is 5.92 Å². The van der Waals surface area contributed by atoms with Crippen molar-refractivity contribution in [1.29, 1.82) is 0 Å². The summed E-state index contributed by atoms with van der Waals surface area (Å²) in [6.07, 6.45) is 2.02. The van der Waals surface area contributed by atoms with E-state index in [0.717, 1.165) is 11.1 Å². The Morgan fingerprint density at radius 2 is 1.63 bits per heavy atom. The lowest BCUT2D eigenvalue weighted by molar-refractivity contribution is -0.141. The van der Waals surface area contributed by atoms with Gasteiger partial charge in [-0.3, -0.25) is 4.79 Å². The van der Waals surface area contributed by atoms with E-state index in [4.69, 9.17) is 4.74 Å². The molecule has 5 heteroatoms. The van der Waals surface area contributed by atoms with Gasteiger partial charge in [-0.15, -0.1) is 0 Å². The molecule has 1 heterocycles. The number of carboxylic acid groups (broad SMARTS) is 1. The molecule has 0 aromatic heterocycles. The molecule has 2 fully saturated rings. The van der Waals surface area contributed by atoms with Crippen molar-refractivity contribution < 1.29 is 19.4 Å². The lowest BCUT2D eigenvalue weighted by Gasteiger charge is -2.17. The molecule has 1 saturated carbocycles. The van der Waals surface area contributed by atoms with Gasteiger partial charge in [0.05, 0.1) is 5.92 Å². The number of carbonyl (C=O) groups is 2. The predicted octanol–water partition coefficient (Wildman–Crippen LogP) is 4.00. The zero-order chi connectivity index (χ0) is 18.8. The number of carboxylic acids is 1. The van der Waals surface area contributed by atoms with Crippen LogP contribution in [0.1, 0.15) is 41.4 Å². The highest BCUT2D eigenvalue weighted by molar-refractivity contribution is 5.75. The van der Waals surface area contributed by atoms with Gasteiger partial charge in [-0.1, -0.05) is 54.6 Å². The van der Waals surface area contributed by atoms with Crippen LogP contribution in [0, 0.1) is 5.92 Å². The van der Waals surface area contributed by atoms with Gasteiger partial charge < -0.3 is 14.7 Å². The van der Waals surface area contributed by atoms with Crippen molar-refractivity contribution in [3.8, 4) is 0 Å². The van der Waals surface area contributed by atoms with Gasteiger partial charge in [0.15, 0.2) is 0 Å². The van der Waals surface area contributed by atoms with Crippen molar-refractivity contribution in [3.05, 3.63) is 71.3 Å². The van der Waals surface area contributed by atoms with E-state index in [2.05, 4.69) is 12.1 Å². The molecule has 0 bridgehead atoms. The van der Waals surface area contributed by atoms with E-state index in [-0.39, 0.29) is 19.1 Å². The van der Waals surface area contributed by atoms with Gasteiger partial charge in [-0.05, 0) is 35.4 Å². The van der Waals surface area contributed by atoms with Crippen LogP contribution in [0.15, 0.2) is 54.6 Å². The molecule has 4 rings (SSSR count). The standard InChI is InChI=1S/C22H23NO4/c24-21(25)20-13-23(22(26)27-14-15-4-2-1-3-5-15)12-19(20)18-10-8-17(9-11-18)16-6-7-16/h1-5,8-11,16,19-20H,6-7,12-14H2,(H,24,25). The van der Waals surface area contributed by atoms with Gasteiger partial charge in [-0.2, -0.15) is 0 Å². The topological polar surface area (TPSA) is 66.8 Å². The number of amides is 1. The van der Waals surface area contributed by atoms with Crippen LogP contribution in [-0.4, -0.2) is 35.2 Å². The molecule has 2 aliphatic rings. The van der Waals surface area contributed by atoms with Crippen LogP contribution in [0.3, 0.4) is 0 Å². The monoisotopic (exact) mass is 365 g/mol. The Balaban J connectivity index is 1.43. The van der Waals surface area contributed by atoms with E-state index in [0.29, 0.717) is 12.5 Å². The summed E-state index contributed by atoms with van der Waals surface area (Å²) < 4.78 is 5.38. The first-order chi connectivity index (χ1) is 13.1. The SMILES string of the molecule is O=C(O)C1CN(C(=O)OCc2ccccc2)CC1c1ccc(C2CC2)cc1. The van der Waals surface area contributed by atoms with Crippen LogP contribution in [0.25, 0.3) is 0 Å². The van der Waals surface area contributed by atoms with E-state index < -0.39 is 18.0 Å². The minimum absolute atomic E-state index is 0.179. The second kappa shape index (κ2) is 7.43. The molecule has 1 amide bonds. The lowest BCUT2D eigenvalue weighted by Crippen LogP contribution is -2.30. The summed E-state index contributed by atoms with van der Waals surface area (Å²) in [5.74, 6) is -1.02. The number of benzene rings is 2. The molecule has 2 aromatic rings. The van der Waals surface area contributed by atoms with Crippen molar-refractivity contribution in [2.75, 3.05) is 13.1 Å². The van der Waals surface area contributed by atoms with Crippen molar-refractivity contribution in [1.82, 2.24) is 4.90 Å². The van der Waals surface area contributed by atoms with Crippen molar-refractivity contribution in [3.63, 3.8) is 0 Å². The number of carbonyl (C=O) groups excluding carboxylic acids is 1. The van der Waals surface area contributed by atoms with Crippen LogP contribution < -0.4 is 0 Å². The summed E-state index contributed by atoms with van der Waals surface area (Å²) in [6, 6.07) is 17.7. The van der Waals surface area contributed by atoms with Crippen LogP contribution in [0.2, 0.25) is 0 Å². The van der Waals surface area contributed by atoms with Gasteiger partial charge >= 0.3 is 12.1 Å². The molecule has 140 valence electrons. The van der Waals surface area contributed by atoms with E-state index in [1.165, 1.54) is 23.3 Å². The number of nitrogens with zero attached hydrogens (tertiary/aromatic N) is 1. The smallest absolute Gasteiger partial charge is 0.410 e. The predicted molar refractivity (Wildman–Crippen MR) is 100 cm³/mol. The Bertz CT molecular complexity index is 814. The molecule has 1 aliphatic carbocycles. The normalized spacial score (nSPS) is 21.9. The number of ether oxygens (including phenoxy) is 1. The maximum absolute atomic E-state index is 12.4. The largest absolute Gasteiger partial charge is 0.481 e. The molecular weight excluding hydrogens is 342 g/mol. The molecule has 1 saturated heterocycles. The molecule has 0 spiro atoms. The second-order valence-corrected chi connectivity index (χ2v) is 7.44. The number of rotatable bonds is 5. The summed E-state index contributed by atoms with van der Waals surface area (Å²) in [5.41, 5.74) is 3.21. The highest BCUT2D eigenvalue weighted by Gasteiger charge is 2.41. The van der Waals surface area contributed by atoms with E-state index in [1.807, 2.05) is 42.5 Å². The highest BCUT2D eigenvalue weighted by Crippen LogP contribution is 2.41. The third-order valence-corrected chi connectivity index (χ3v) is 5.51. The molecule has 27 heavy (non-hydrogen) atoms. The Morgan fingerprint density at radius 1 is 0.963 bits per heavy atom. The summed E-state index contributed by atoms with van der Waals surface area (Å²) in [5, 5.41) is 9.63. The fraction of sp³-hybridized carbons (Fsp3) is 0.364. The lowest BCUT2D eigenvalue weighted by atomic mass is 9.88. The number of likely N-dealkylation sites (tertiary alicyclic amines) is 1. The van der Waals surface area contributed by atoms with Gasteiger partial charge in [0.1, 0.15) is 6.61 Å². The van der Waals surface area contributed by atoms with Crippen LogP contribution in [0.4, 0.5) is 4.79 Å².